The lowest BCUT2D eigenvalue weighted by molar-refractivity contribution is 1.13. The predicted molar refractivity (Wildman–Crippen MR) is 69.2 cm³/mol. The maximum atomic E-state index is 6.01. The van der Waals surface area contributed by atoms with E-state index in [4.69, 9.17) is 28.9 Å². The molecule has 0 amide bonds. The van der Waals surface area contributed by atoms with Gasteiger partial charge in [0.2, 0.25) is 0 Å². The van der Waals surface area contributed by atoms with Crippen molar-refractivity contribution in [3.63, 3.8) is 0 Å². The molecule has 82 valence electrons. The number of benzene rings is 1. The molecule has 2 N–H and O–H groups in total. The Balaban J connectivity index is 2.34. The number of hydrogen-bond acceptors (Lipinski definition) is 3. The van der Waals surface area contributed by atoms with Crippen molar-refractivity contribution in [2.45, 2.75) is 9.92 Å². The summed E-state index contributed by atoms with van der Waals surface area (Å²) in [6, 6.07) is 8.89. The molecule has 0 bridgehead atoms. The number of hydrogen-bond donors (Lipinski definition) is 1. The number of aromatic nitrogens is 1. The summed E-state index contributed by atoms with van der Waals surface area (Å²) in [5, 5.41) is 1.97. The lowest BCUT2D eigenvalue weighted by Gasteiger charge is -2.06. The lowest BCUT2D eigenvalue weighted by atomic mass is 10.3. The second-order valence-electron chi connectivity index (χ2n) is 3.07. The number of rotatable bonds is 2. The molecule has 1 heterocycles. The first-order valence-electron chi connectivity index (χ1n) is 4.50. The molecule has 0 unspecified atom stereocenters. The first kappa shape index (κ1) is 11.6. The Morgan fingerprint density at radius 2 is 2.00 bits per heavy atom. The van der Waals surface area contributed by atoms with Gasteiger partial charge in [-0.2, -0.15) is 0 Å². The van der Waals surface area contributed by atoms with E-state index in [-0.39, 0.29) is 0 Å². The second kappa shape index (κ2) is 4.95. The van der Waals surface area contributed by atoms with E-state index in [0.29, 0.717) is 15.7 Å². The van der Waals surface area contributed by atoms with Gasteiger partial charge in [0.1, 0.15) is 5.03 Å². The van der Waals surface area contributed by atoms with E-state index in [1.165, 1.54) is 11.8 Å². The summed E-state index contributed by atoms with van der Waals surface area (Å²) < 4.78 is 0. The van der Waals surface area contributed by atoms with Crippen LogP contribution in [0.3, 0.4) is 0 Å². The first-order valence-corrected chi connectivity index (χ1v) is 6.07. The standard InChI is InChI=1S/C11H8Cl2N2S/c12-7-3-4-9(14)10(6-7)16-11-8(13)2-1-5-15-11/h1-6H,14H2. The third-order valence-electron chi connectivity index (χ3n) is 1.91. The zero-order valence-electron chi connectivity index (χ0n) is 8.15. The fourth-order valence-electron chi connectivity index (χ4n) is 1.15. The van der Waals surface area contributed by atoms with E-state index < -0.39 is 0 Å². The molecule has 16 heavy (non-hydrogen) atoms. The van der Waals surface area contributed by atoms with Crippen LogP contribution in [0.15, 0.2) is 46.5 Å². The van der Waals surface area contributed by atoms with Crippen LogP contribution in [0.25, 0.3) is 0 Å². The molecule has 1 aromatic heterocycles. The molecule has 2 aromatic rings. The van der Waals surface area contributed by atoms with Gasteiger partial charge in [0.25, 0.3) is 0 Å². The van der Waals surface area contributed by atoms with Gasteiger partial charge in [0.05, 0.1) is 5.02 Å². The van der Waals surface area contributed by atoms with Crippen LogP contribution in [0, 0.1) is 0 Å². The van der Waals surface area contributed by atoms with Crippen molar-refractivity contribution < 1.29 is 0 Å². The van der Waals surface area contributed by atoms with Gasteiger partial charge >= 0.3 is 0 Å². The Labute approximate surface area is 108 Å². The molecular formula is C11H8Cl2N2S. The van der Waals surface area contributed by atoms with Crippen LogP contribution in [0.2, 0.25) is 10.0 Å². The summed E-state index contributed by atoms with van der Waals surface area (Å²) >= 11 is 13.3. The Kier molecular flexibility index (Phi) is 3.59. The van der Waals surface area contributed by atoms with Crippen molar-refractivity contribution in [1.29, 1.82) is 0 Å². The Morgan fingerprint density at radius 3 is 2.75 bits per heavy atom. The molecule has 5 heteroatoms. The Hall–Kier alpha value is -0.900. The van der Waals surface area contributed by atoms with Crippen LogP contribution >= 0.6 is 35.0 Å². The number of pyridine rings is 1. The summed E-state index contributed by atoms with van der Waals surface area (Å²) in [7, 11) is 0. The molecule has 0 aliphatic heterocycles. The second-order valence-corrected chi connectivity index (χ2v) is 4.95. The lowest BCUT2D eigenvalue weighted by Crippen LogP contribution is -1.89. The topological polar surface area (TPSA) is 38.9 Å². The summed E-state index contributed by atoms with van der Waals surface area (Å²) in [4.78, 5) is 5.03. The molecule has 1 aromatic carbocycles. The highest BCUT2D eigenvalue weighted by Gasteiger charge is 2.06. The molecule has 0 saturated heterocycles. The highest BCUT2D eigenvalue weighted by molar-refractivity contribution is 7.99. The van der Waals surface area contributed by atoms with Gasteiger partial charge in [-0.1, -0.05) is 35.0 Å². The van der Waals surface area contributed by atoms with Crippen molar-refractivity contribution >= 4 is 40.7 Å². The molecule has 0 aliphatic rings. The van der Waals surface area contributed by atoms with Crippen molar-refractivity contribution in [2.75, 3.05) is 5.73 Å². The van der Waals surface area contributed by atoms with E-state index in [0.717, 1.165) is 9.92 Å². The summed E-state index contributed by atoms with van der Waals surface area (Å²) in [5.74, 6) is 0. The van der Waals surface area contributed by atoms with E-state index in [9.17, 15) is 0 Å². The fraction of sp³-hybridized carbons (Fsp3) is 0. The van der Waals surface area contributed by atoms with Crippen LogP contribution in [0.4, 0.5) is 5.69 Å². The normalized spacial score (nSPS) is 10.4. The van der Waals surface area contributed by atoms with E-state index in [1.54, 1.807) is 36.5 Å². The number of anilines is 1. The Morgan fingerprint density at radius 1 is 1.19 bits per heavy atom. The maximum Gasteiger partial charge on any atom is 0.119 e. The van der Waals surface area contributed by atoms with Crippen molar-refractivity contribution in [1.82, 2.24) is 4.98 Å². The maximum absolute atomic E-state index is 6.01. The predicted octanol–water partition coefficient (Wildman–Crippen LogP) is 4.12. The quantitative estimate of drug-likeness (QED) is 0.835. The highest BCUT2D eigenvalue weighted by Crippen LogP contribution is 2.35. The molecule has 0 radical (unpaired) electrons. The van der Waals surface area contributed by atoms with E-state index in [1.807, 2.05) is 0 Å². The largest absolute Gasteiger partial charge is 0.398 e. The summed E-state index contributed by atoms with van der Waals surface area (Å²) in [6.07, 6.45) is 1.69. The minimum absolute atomic E-state index is 0.604. The SMILES string of the molecule is Nc1ccc(Cl)cc1Sc1ncccc1Cl. The van der Waals surface area contributed by atoms with Crippen LogP contribution in [0.5, 0.6) is 0 Å². The molecule has 2 rings (SSSR count). The summed E-state index contributed by atoms with van der Waals surface area (Å²) in [6.45, 7) is 0. The van der Waals surface area contributed by atoms with Crippen molar-refractivity contribution in [2.24, 2.45) is 0 Å². The molecular weight excluding hydrogens is 263 g/mol. The minimum atomic E-state index is 0.604. The number of halogens is 2. The number of nitrogens with two attached hydrogens (primary N) is 1. The van der Waals surface area contributed by atoms with Crippen LogP contribution in [-0.4, -0.2) is 4.98 Å². The van der Waals surface area contributed by atoms with Crippen molar-refractivity contribution in [3.8, 4) is 0 Å². The zero-order valence-corrected chi connectivity index (χ0v) is 10.5. The van der Waals surface area contributed by atoms with Crippen LogP contribution < -0.4 is 5.73 Å². The number of nitrogens with zero attached hydrogens (tertiary/aromatic N) is 1. The third kappa shape index (κ3) is 2.61. The average molecular weight is 271 g/mol. The van der Waals surface area contributed by atoms with Gasteiger partial charge in [-0.3, -0.25) is 0 Å². The third-order valence-corrected chi connectivity index (χ3v) is 3.65. The smallest absolute Gasteiger partial charge is 0.119 e. The average Bonchev–Trinajstić information content (AvgIpc) is 2.27. The monoisotopic (exact) mass is 270 g/mol. The van der Waals surface area contributed by atoms with E-state index in [2.05, 4.69) is 4.98 Å². The van der Waals surface area contributed by atoms with Crippen molar-refractivity contribution in [3.05, 3.63) is 46.6 Å². The van der Waals surface area contributed by atoms with Gasteiger partial charge in [0, 0.05) is 21.8 Å². The summed E-state index contributed by atoms with van der Waals surface area (Å²) in [5.41, 5.74) is 6.50. The fourth-order valence-corrected chi connectivity index (χ4v) is 2.48. The van der Waals surface area contributed by atoms with Gasteiger partial charge < -0.3 is 5.73 Å². The zero-order chi connectivity index (χ0) is 11.5. The van der Waals surface area contributed by atoms with Crippen LogP contribution in [0.1, 0.15) is 0 Å². The molecule has 0 spiro atoms. The molecule has 2 nitrogen and oxygen atoms in total. The molecule has 0 aliphatic carbocycles. The van der Waals surface area contributed by atoms with Gasteiger partial charge in [-0.05, 0) is 30.3 Å². The van der Waals surface area contributed by atoms with Gasteiger partial charge in [-0.15, -0.1) is 0 Å². The highest BCUT2D eigenvalue weighted by atomic mass is 35.5. The van der Waals surface area contributed by atoms with Gasteiger partial charge in [-0.25, -0.2) is 4.98 Å². The molecule has 0 saturated carbocycles. The molecule has 0 fully saturated rings. The van der Waals surface area contributed by atoms with Crippen LogP contribution in [-0.2, 0) is 0 Å². The Bertz CT molecular complexity index is 517. The minimum Gasteiger partial charge on any atom is -0.398 e. The van der Waals surface area contributed by atoms with Gasteiger partial charge in [0.15, 0.2) is 0 Å². The number of nitrogen functional groups attached to an aromatic ring is 1. The first-order chi connectivity index (χ1) is 7.66. The molecule has 0 atom stereocenters. The van der Waals surface area contributed by atoms with E-state index >= 15 is 0 Å².